The van der Waals surface area contributed by atoms with Gasteiger partial charge in [0.1, 0.15) is 0 Å². The van der Waals surface area contributed by atoms with Crippen molar-refractivity contribution in [3.63, 3.8) is 0 Å². The van der Waals surface area contributed by atoms with Crippen LogP contribution in [0.1, 0.15) is 40.3 Å². The van der Waals surface area contributed by atoms with Crippen LogP contribution >= 0.6 is 0 Å². The zero-order valence-electron chi connectivity index (χ0n) is 31.8. The van der Waals surface area contributed by atoms with E-state index in [1.165, 1.54) is 55.2 Å². The van der Waals surface area contributed by atoms with Crippen LogP contribution in [-0.4, -0.2) is 4.57 Å². The molecule has 3 heteroatoms. The Morgan fingerprint density at radius 3 is 1.68 bits per heavy atom. The second-order valence-electron chi connectivity index (χ2n) is 14.4. The third-order valence-electron chi connectivity index (χ3n) is 11.5. The molecule has 269 valence electrons. The number of fused-ring (bicyclic) bond motifs is 6. The molecule has 1 radical (unpaired) electrons. The maximum Gasteiger partial charge on any atom is 0.0715 e. The molecule has 10 rings (SSSR count). The Labute approximate surface area is 368 Å². The van der Waals surface area contributed by atoms with Gasteiger partial charge in [-0.15, -0.1) is 12.1 Å². The molecule has 0 aliphatic heterocycles. The average Bonchev–Trinajstić information content (AvgIpc) is 3.75. The summed E-state index contributed by atoms with van der Waals surface area (Å²) in [4.78, 5) is 2.35. The molecule has 9 aromatic rings. The van der Waals surface area contributed by atoms with Crippen LogP contribution in [0, 0.1) is 47.4 Å². The molecule has 0 saturated heterocycles. The van der Waals surface area contributed by atoms with Crippen molar-refractivity contribution in [2.24, 2.45) is 0 Å². The van der Waals surface area contributed by atoms with Crippen LogP contribution in [0.5, 0.6) is 0 Å². The number of aromatic nitrogens is 1. The van der Waals surface area contributed by atoms with Gasteiger partial charge in [-0.05, 0) is 88.3 Å². The van der Waals surface area contributed by atoms with Crippen molar-refractivity contribution >= 4 is 51.0 Å². The first-order valence-corrected chi connectivity index (χ1v) is 19.3. The van der Waals surface area contributed by atoms with Crippen molar-refractivity contribution in [1.82, 2.24) is 4.57 Å². The number of rotatable bonds is 8. The molecule has 1 heterocycles. The third kappa shape index (κ3) is 5.77. The van der Waals surface area contributed by atoms with Gasteiger partial charge in [0, 0.05) is 69.0 Å². The van der Waals surface area contributed by atoms with E-state index in [-0.39, 0.29) is 41.3 Å². The summed E-state index contributed by atoms with van der Waals surface area (Å²) in [6.07, 6.45) is 6.49. The fourth-order valence-corrected chi connectivity index (χ4v) is 9.27. The predicted molar refractivity (Wildman–Crippen MR) is 236 cm³/mol. The van der Waals surface area contributed by atoms with Gasteiger partial charge < -0.3 is 9.47 Å². The number of allylic oxidation sites excluding steroid dienone is 1. The van der Waals surface area contributed by atoms with Gasteiger partial charge in [0.15, 0.2) is 0 Å². The Bertz CT molecular complexity index is 2800. The van der Waals surface area contributed by atoms with E-state index in [0.29, 0.717) is 0 Å². The van der Waals surface area contributed by atoms with E-state index in [4.69, 9.17) is 0 Å². The molecule has 0 bridgehead atoms. The molecule has 1 aliphatic carbocycles. The average molecular weight is 857 g/mol. The van der Waals surface area contributed by atoms with E-state index >= 15 is 0 Å². The van der Waals surface area contributed by atoms with Gasteiger partial charge in [-0.2, -0.15) is 18.2 Å². The van der Waals surface area contributed by atoms with Gasteiger partial charge >= 0.3 is 0 Å². The number of hydrogen-bond donors (Lipinski definition) is 0. The van der Waals surface area contributed by atoms with Crippen molar-refractivity contribution < 1.29 is 41.3 Å². The maximum absolute atomic E-state index is 4.54. The van der Waals surface area contributed by atoms with Crippen LogP contribution in [-0.2, 0) is 5.41 Å². The third-order valence-corrected chi connectivity index (χ3v) is 11.5. The molecular weight excluding hydrogens is 818 g/mol. The Morgan fingerprint density at radius 2 is 1.11 bits per heavy atom. The summed E-state index contributed by atoms with van der Waals surface area (Å²) in [7, 11) is 0. The Kier molecular flexibility index (Phi) is 9.87. The van der Waals surface area contributed by atoms with Gasteiger partial charge in [0.25, 0.3) is 0 Å². The zero-order valence-corrected chi connectivity index (χ0v) is 35.5. The minimum Gasteiger partial charge on any atom is -0.334 e. The first kappa shape index (κ1) is 36.8. The van der Waals surface area contributed by atoms with E-state index in [9.17, 15) is 0 Å². The molecule has 8 aromatic carbocycles. The molecule has 0 fully saturated rings. The molecule has 1 aliphatic rings. The quantitative estimate of drug-likeness (QED) is 0.138. The normalized spacial score (nSPS) is 12.6. The summed E-state index contributed by atoms with van der Waals surface area (Å²) in [5.41, 5.74) is 15.7. The van der Waals surface area contributed by atoms with Gasteiger partial charge in [0.2, 0.25) is 0 Å². The molecular formula is C54H39N2Pr-. The summed E-state index contributed by atoms with van der Waals surface area (Å²) in [6, 6.07) is 71.3. The van der Waals surface area contributed by atoms with Crippen LogP contribution in [0.2, 0.25) is 0 Å². The standard InChI is InChI=1S/C54H39N2.Pr/c1-3-21-44-43(4-2)53-47-35-34-42(55(40-26-13-7-14-27-40)41-28-15-8-16-29-41)36-48(47)54(38-22-9-5-10-23-38,39-24-11-6-12-25-39)49(53)37-52(44)56-50-32-19-17-30-45(50)46-31-18-20-33-51(46)56;/h3-7,9-37H,2H2,1H3;/q-1;/b21-3-;. The van der Waals surface area contributed by atoms with Crippen LogP contribution in [0.25, 0.3) is 50.8 Å². The monoisotopic (exact) mass is 856 g/mol. The SMILES string of the molecule is C=Cc1c(/C=C\C)c(-n2c3ccccc3c3ccccc32)cc2c1-c1ccc(N(c3cc[c-]cc3)c3ccccc3)cc1C2(c1ccccc1)c1ccccc1.[Pr]. The first-order chi connectivity index (χ1) is 27.7. The Hall–Kier alpha value is -5.80. The van der Waals surface area contributed by atoms with Crippen molar-refractivity contribution in [2.75, 3.05) is 4.90 Å². The van der Waals surface area contributed by atoms with Crippen LogP contribution in [0.15, 0.2) is 201 Å². The smallest absolute Gasteiger partial charge is 0.0715 e. The second kappa shape index (κ2) is 15.3. The van der Waals surface area contributed by atoms with E-state index in [2.05, 4.69) is 223 Å². The Morgan fingerprint density at radius 1 is 0.561 bits per heavy atom. The van der Waals surface area contributed by atoms with Gasteiger partial charge in [-0.1, -0.05) is 152 Å². The fourth-order valence-electron chi connectivity index (χ4n) is 9.27. The molecule has 2 nitrogen and oxygen atoms in total. The summed E-state index contributed by atoms with van der Waals surface area (Å²) in [5, 5.41) is 2.47. The van der Waals surface area contributed by atoms with Gasteiger partial charge in [-0.3, -0.25) is 0 Å². The number of para-hydroxylation sites is 3. The number of hydrogen-bond acceptors (Lipinski definition) is 1. The minimum atomic E-state index is -0.657. The van der Waals surface area contributed by atoms with Crippen molar-refractivity contribution in [3.8, 4) is 16.8 Å². The molecule has 0 saturated carbocycles. The van der Waals surface area contributed by atoms with Crippen molar-refractivity contribution in [1.29, 1.82) is 0 Å². The molecule has 57 heavy (non-hydrogen) atoms. The summed E-state index contributed by atoms with van der Waals surface area (Å²) in [5.74, 6) is 0. The van der Waals surface area contributed by atoms with E-state index < -0.39 is 5.41 Å². The minimum absolute atomic E-state index is 0. The van der Waals surface area contributed by atoms with Crippen molar-refractivity contribution in [3.05, 3.63) is 240 Å². The molecule has 0 amide bonds. The molecule has 0 atom stereocenters. The van der Waals surface area contributed by atoms with E-state index in [0.717, 1.165) is 33.9 Å². The van der Waals surface area contributed by atoms with Gasteiger partial charge in [0.05, 0.1) is 22.1 Å². The van der Waals surface area contributed by atoms with Crippen LogP contribution in [0.3, 0.4) is 0 Å². The largest absolute Gasteiger partial charge is 0.334 e. The maximum atomic E-state index is 4.54. The predicted octanol–water partition coefficient (Wildman–Crippen LogP) is 14.1. The summed E-state index contributed by atoms with van der Waals surface area (Å²) >= 11 is 0. The number of nitrogens with zero attached hydrogens (tertiary/aromatic N) is 2. The summed E-state index contributed by atoms with van der Waals surface area (Å²) in [6.45, 7) is 6.64. The number of anilines is 3. The Balaban J connectivity index is 0.00000422. The molecule has 0 spiro atoms. The van der Waals surface area contributed by atoms with E-state index in [1.54, 1.807) is 0 Å². The van der Waals surface area contributed by atoms with Crippen LogP contribution < -0.4 is 4.90 Å². The second-order valence-corrected chi connectivity index (χ2v) is 14.4. The molecule has 0 unspecified atom stereocenters. The first-order valence-electron chi connectivity index (χ1n) is 19.3. The van der Waals surface area contributed by atoms with Crippen LogP contribution in [0.4, 0.5) is 17.1 Å². The zero-order chi connectivity index (χ0) is 37.6. The summed E-state index contributed by atoms with van der Waals surface area (Å²) < 4.78 is 2.46. The molecule has 1 aromatic heterocycles. The van der Waals surface area contributed by atoms with Crippen molar-refractivity contribution in [2.45, 2.75) is 12.3 Å². The fraction of sp³-hybridized carbons (Fsp3) is 0.0370. The molecule has 0 N–H and O–H groups in total. The topological polar surface area (TPSA) is 8.17 Å². The van der Waals surface area contributed by atoms with E-state index in [1.807, 2.05) is 12.1 Å². The van der Waals surface area contributed by atoms with Gasteiger partial charge in [-0.25, -0.2) is 0 Å². The number of benzene rings is 8.